The van der Waals surface area contributed by atoms with Crippen molar-refractivity contribution in [2.45, 2.75) is 37.2 Å². The second-order valence-electron chi connectivity index (χ2n) is 6.29. The van der Waals surface area contributed by atoms with Crippen molar-refractivity contribution in [3.63, 3.8) is 0 Å². The van der Waals surface area contributed by atoms with Gasteiger partial charge in [-0.05, 0) is 19.1 Å². The Bertz CT molecular complexity index is 934. The van der Waals surface area contributed by atoms with Crippen LogP contribution in [0.4, 0.5) is 0 Å². The topological polar surface area (TPSA) is 120 Å². The number of carboxylic acids is 1. The first-order chi connectivity index (χ1) is 12.3. The highest BCUT2D eigenvalue weighted by Gasteiger charge is 2.36. The molecule has 3 rings (SSSR count). The highest BCUT2D eigenvalue weighted by Crippen LogP contribution is 2.22. The lowest BCUT2D eigenvalue weighted by molar-refractivity contribution is -0.151. The van der Waals surface area contributed by atoms with Gasteiger partial charge in [0.05, 0.1) is 34.9 Å². The van der Waals surface area contributed by atoms with Gasteiger partial charge in [-0.15, -0.1) is 0 Å². The molecule has 2 aromatic rings. The number of aromatic nitrogens is 2. The number of amides is 1. The van der Waals surface area contributed by atoms with Crippen LogP contribution >= 0.6 is 0 Å². The molecule has 2 N–H and O–H groups in total. The van der Waals surface area contributed by atoms with Gasteiger partial charge in [-0.3, -0.25) is 4.79 Å². The van der Waals surface area contributed by atoms with Crippen LogP contribution < -0.4 is 0 Å². The van der Waals surface area contributed by atoms with Crippen LogP contribution in [0.1, 0.15) is 23.4 Å². The maximum atomic E-state index is 12.5. The van der Waals surface area contributed by atoms with Crippen LogP contribution in [0.25, 0.3) is 0 Å². The van der Waals surface area contributed by atoms with Crippen LogP contribution in [0.15, 0.2) is 35.5 Å². The second kappa shape index (κ2) is 6.91. The van der Waals surface area contributed by atoms with Crippen molar-refractivity contribution in [1.29, 1.82) is 0 Å². The zero-order chi connectivity index (χ0) is 18.9. The molecule has 0 fully saturated rings. The van der Waals surface area contributed by atoms with Gasteiger partial charge >= 0.3 is 5.97 Å². The molecule has 0 aliphatic carbocycles. The van der Waals surface area contributed by atoms with E-state index in [1.54, 1.807) is 12.1 Å². The van der Waals surface area contributed by atoms with E-state index in [1.165, 1.54) is 23.4 Å². The summed E-state index contributed by atoms with van der Waals surface area (Å²) in [7, 11) is -3.61. The molecule has 26 heavy (non-hydrogen) atoms. The third-order valence-electron chi connectivity index (χ3n) is 4.47. The normalized spacial score (nSPS) is 17.0. The summed E-state index contributed by atoms with van der Waals surface area (Å²) >= 11 is 0. The van der Waals surface area contributed by atoms with Gasteiger partial charge in [-0.1, -0.05) is 17.7 Å². The van der Waals surface area contributed by atoms with Crippen LogP contribution in [-0.4, -0.2) is 52.1 Å². The number of sulfone groups is 1. The van der Waals surface area contributed by atoms with Crippen LogP contribution in [0.5, 0.6) is 0 Å². The van der Waals surface area contributed by atoms with Crippen molar-refractivity contribution in [2.75, 3.05) is 5.75 Å². The third kappa shape index (κ3) is 3.62. The van der Waals surface area contributed by atoms with E-state index in [1.807, 2.05) is 6.92 Å². The zero-order valence-electron chi connectivity index (χ0n) is 14.2. The van der Waals surface area contributed by atoms with Gasteiger partial charge in [0.2, 0.25) is 5.91 Å². The first-order valence-electron chi connectivity index (χ1n) is 8.11. The summed E-state index contributed by atoms with van der Waals surface area (Å²) in [6.45, 7) is 1.93. The number of H-pyrrole nitrogens is 1. The molecule has 0 saturated heterocycles. The van der Waals surface area contributed by atoms with Crippen molar-refractivity contribution in [2.24, 2.45) is 0 Å². The maximum absolute atomic E-state index is 12.5. The average molecular weight is 377 g/mol. The van der Waals surface area contributed by atoms with Gasteiger partial charge in [-0.25, -0.2) is 18.2 Å². The van der Waals surface area contributed by atoms with E-state index in [4.69, 9.17) is 0 Å². The Kier molecular flexibility index (Phi) is 4.82. The average Bonchev–Trinajstić information content (AvgIpc) is 3.06. The highest BCUT2D eigenvalue weighted by molar-refractivity contribution is 7.91. The SMILES string of the molecule is Cc1ccc(S(=O)(=O)CCC(=O)N2Cc3[nH]cnc3CC2C(=O)O)cc1. The van der Waals surface area contributed by atoms with Crippen LogP contribution in [0, 0.1) is 6.92 Å². The predicted molar refractivity (Wildman–Crippen MR) is 92.1 cm³/mol. The van der Waals surface area contributed by atoms with Crippen molar-refractivity contribution >= 4 is 21.7 Å². The van der Waals surface area contributed by atoms with E-state index in [0.717, 1.165) is 5.56 Å². The summed E-state index contributed by atoms with van der Waals surface area (Å²) < 4.78 is 24.8. The summed E-state index contributed by atoms with van der Waals surface area (Å²) in [6, 6.07) is 5.36. The molecule has 0 radical (unpaired) electrons. The summed E-state index contributed by atoms with van der Waals surface area (Å²) in [5.74, 6) is -2.00. The number of aromatic amines is 1. The standard InChI is InChI=1S/C17H19N3O5S/c1-11-2-4-12(5-3-11)26(24,25)7-6-16(21)20-9-14-13(18-10-19-14)8-15(20)17(22)23/h2-5,10,15H,6-9H2,1H3,(H,18,19)(H,22,23). The van der Waals surface area contributed by atoms with E-state index in [-0.39, 0.29) is 30.0 Å². The number of carboxylic acid groups (broad SMARTS) is 1. The van der Waals surface area contributed by atoms with E-state index < -0.39 is 27.8 Å². The molecule has 2 heterocycles. The molecule has 1 aromatic carbocycles. The maximum Gasteiger partial charge on any atom is 0.326 e. The fourth-order valence-electron chi connectivity index (χ4n) is 2.95. The quantitative estimate of drug-likeness (QED) is 0.799. The molecular weight excluding hydrogens is 358 g/mol. The molecule has 1 unspecified atom stereocenters. The minimum atomic E-state index is -3.61. The molecule has 0 bridgehead atoms. The molecule has 1 amide bonds. The fraction of sp³-hybridized carbons (Fsp3) is 0.353. The summed E-state index contributed by atoms with van der Waals surface area (Å²) in [5, 5.41) is 9.40. The van der Waals surface area contributed by atoms with Crippen molar-refractivity contribution < 1.29 is 23.1 Å². The van der Waals surface area contributed by atoms with Gasteiger partial charge in [0, 0.05) is 12.8 Å². The van der Waals surface area contributed by atoms with Crippen molar-refractivity contribution in [3.8, 4) is 0 Å². The molecule has 1 aromatic heterocycles. The van der Waals surface area contributed by atoms with Crippen molar-refractivity contribution in [1.82, 2.24) is 14.9 Å². The van der Waals surface area contributed by atoms with Gasteiger partial charge in [-0.2, -0.15) is 0 Å². The number of carbonyl (C=O) groups excluding carboxylic acids is 1. The van der Waals surface area contributed by atoms with Gasteiger partial charge in [0.1, 0.15) is 6.04 Å². The third-order valence-corrected chi connectivity index (χ3v) is 6.20. The lowest BCUT2D eigenvalue weighted by Crippen LogP contribution is -2.49. The van der Waals surface area contributed by atoms with E-state index >= 15 is 0 Å². The number of nitrogens with one attached hydrogen (secondary N) is 1. The molecule has 1 aliphatic heterocycles. The zero-order valence-corrected chi connectivity index (χ0v) is 15.0. The number of rotatable bonds is 5. The molecule has 9 heteroatoms. The number of aryl methyl sites for hydroxylation is 1. The van der Waals surface area contributed by atoms with Gasteiger partial charge < -0.3 is 15.0 Å². The Morgan fingerprint density at radius 1 is 1.31 bits per heavy atom. The number of benzene rings is 1. The largest absolute Gasteiger partial charge is 0.480 e. The molecule has 8 nitrogen and oxygen atoms in total. The minimum Gasteiger partial charge on any atom is -0.480 e. The lowest BCUT2D eigenvalue weighted by atomic mass is 10.0. The number of fused-ring (bicyclic) bond motifs is 1. The smallest absolute Gasteiger partial charge is 0.326 e. The molecular formula is C17H19N3O5S. The van der Waals surface area contributed by atoms with Gasteiger partial charge in [0.25, 0.3) is 0 Å². The number of nitrogens with zero attached hydrogens (tertiary/aromatic N) is 2. The Morgan fingerprint density at radius 3 is 2.65 bits per heavy atom. The molecule has 1 aliphatic rings. The van der Waals surface area contributed by atoms with E-state index in [9.17, 15) is 23.1 Å². The number of hydrogen-bond donors (Lipinski definition) is 2. The minimum absolute atomic E-state index is 0.0791. The van der Waals surface area contributed by atoms with Crippen LogP contribution in [0.3, 0.4) is 0 Å². The molecule has 0 saturated carbocycles. The van der Waals surface area contributed by atoms with Crippen LogP contribution in [0.2, 0.25) is 0 Å². The second-order valence-corrected chi connectivity index (χ2v) is 8.40. The lowest BCUT2D eigenvalue weighted by Gasteiger charge is -2.32. The monoisotopic (exact) mass is 377 g/mol. The molecule has 138 valence electrons. The Hall–Kier alpha value is -2.68. The number of carbonyl (C=O) groups is 2. The van der Waals surface area contributed by atoms with Crippen LogP contribution in [-0.2, 0) is 32.4 Å². The summed E-state index contributed by atoms with van der Waals surface area (Å²) in [4.78, 5) is 32.4. The highest BCUT2D eigenvalue weighted by atomic mass is 32.2. The molecule has 1 atom stereocenters. The van der Waals surface area contributed by atoms with E-state index in [0.29, 0.717) is 11.4 Å². The number of imidazole rings is 1. The Balaban J connectivity index is 1.72. The molecule has 0 spiro atoms. The Labute approximate surface area is 150 Å². The number of hydrogen-bond acceptors (Lipinski definition) is 5. The predicted octanol–water partition coefficient (Wildman–Crippen LogP) is 0.920. The Morgan fingerprint density at radius 2 is 2.00 bits per heavy atom. The fourth-order valence-corrected chi connectivity index (χ4v) is 4.18. The first kappa shape index (κ1) is 18.1. The van der Waals surface area contributed by atoms with Gasteiger partial charge in [0.15, 0.2) is 9.84 Å². The van der Waals surface area contributed by atoms with Crippen molar-refractivity contribution in [3.05, 3.63) is 47.5 Å². The summed E-state index contributed by atoms with van der Waals surface area (Å²) in [6.07, 6.45) is 1.29. The first-order valence-corrected chi connectivity index (χ1v) is 9.76. The van der Waals surface area contributed by atoms with E-state index in [2.05, 4.69) is 9.97 Å². The summed E-state index contributed by atoms with van der Waals surface area (Å²) in [5.41, 5.74) is 2.24. The number of aliphatic carboxylic acids is 1.